The molecular weight excluding hydrogens is 328 g/mol. The molecule has 0 aliphatic rings. The van der Waals surface area contributed by atoms with Crippen LogP contribution in [0.1, 0.15) is 29.2 Å². The number of nitrogens with one attached hydrogen (secondary N) is 1. The Balaban J connectivity index is 2.14. The number of aromatic nitrogens is 3. The molecule has 7 heteroatoms. The summed E-state index contributed by atoms with van der Waals surface area (Å²) in [6, 6.07) is -0.379. The predicted molar refractivity (Wildman–Crippen MR) is 79.6 cm³/mol. The minimum atomic E-state index is -0.379. The molecule has 1 amide bonds. The third-order valence-corrected chi connectivity index (χ3v) is 4.76. The standard InChI is InChI=1S/C12H15BrN4OS/c1-6-9(4)19-12(15-6)16-11(18)8(3)17-7(2)10(13)5-14-17/h5,8H,1-4H3,(H,15,16,18). The molecule has 1 atom stereocenters. The normalized spacial score (nSPS) is 12.5. The van der Waals surface area contributed by atoms with Gasteiger partial charge < -0.3 is 5.32 Å². The van der Waals surface area contributed by atoms with Gasteiger partial charge in [-0.05, 0) is 43.6 Å². The Morgan fingerprint density at radius 3 is 2.63 bits per heavy atom. The van der Waals surface area contributed by atoms with Gasteiger partial charge in [-0.1, -0.05) is 0 Å². The first-order valence-corrected chi connectivity index (χ1v) is 7.45. The van der Waals surface area contributed by atoms with Gasteiger partial charge >= 0.3 is 0 Å². The fraction of sp³-hybridized carbons (Fsp3) is 0.417. The molecule has 1 N–H and O–H groups in total. The van der Waals surface area contributed by atoms with Crippen molar-refractivity contribution in [3.63, 3.8) is 0 Å². The van der Waals surface area contributed by atoms with Crippen LogP contribution in [0.4, 0.5) is 5.13 Å². The molecule has 0 aliphatic carbocycles. The van der Waals surface area contributed by atoms with Crippen LogP contribution in [-0.4, -0.2) is 20.7 Å². The molecule has 0 bridgehead atoms. The van der Waals surface area contributed by atoms with Crippen molar-refractivity contribution in [1.82, 2.24) is 14.8 Å². The van der Waals surface area contributed by atoms with Gasteiger partial charge in [0.05, 0.1) is 22.1 Å². The number of halogens is 1. The second-order valence-corrected chi connectivity index (χ2v) is 6.41. The van der Waals surface area contributed by atoms with E-state index in [-0.39, 0.29) is 11.9 Å². The molecule has 5 nitrogen and oxygen atoms in total. The van der Waals surface area contributed by atoms with Crippen LogP contribution in [0, 0.1) is 20.8 Å². The van der Waals surface area contributed by atoms with Crippen molar-refractivity contribution < 1.29 is 4.79 Å². The minimum Gasteiger partial charge on any atom is -0.300 e. The van der Waals surface area contributed by atoms with Crippen LogP contribution in [0.5, 0.6) is 0 Å². The Hall–Kier alpha value is -1.21. The molecule has 0 saturated carbocycles. The number of aryl methyl sites for hydroxylation is 2. The van der Waals surface area contributed by atoms with Gasteiger partial charge in [0.1, 0.15) is 6.04 Å². The number of rotatable bonds is 3. The molecule has 0 aromatic carbocycles. The highest BCUT2D eigenvalue weighted by atomic mass is 79.9. The van der Waals surface area contributed by atoms with E-state index in [9.17, 15) is 4.79 Å². The van der Waals surface area contributed by atoms with E-state index in [1.807, 2.05) is 27.7 Å². The van der Waals surface area contributed by atoms with E-state index in [1.54, 1.807) is 10.9 Å². The molecule has 1 unspecified atom stereocenters. The van der Waals surface area contributed by atoms with Crippen LogP contribution in [0.3, 0.4) is 0 Å². The van der Waals surface area contributed by atoms with Crippen LogP contribution >= 0.6 is 27.3 Å². The molecule has 0 aliphatic heterocycles. The summed E-state index contributed by atoms with van der Waals surface area (Å²) in [5, 5.41) is 7.66. The first kappa shape index (κ1) is 14.2. The lowest BCUT2D eigenvalue weighted by atomic mass is 10.3. The Morgan fingerprint density at radius 1 is 1.47 bits per heavy atom. The summed E-state index contributed by atoms with van der Waals surface area (Å²) in [7, 11) is 0. The van der Waals surface area contributed by atoms with E-state index in [4.69, 9.17) is 0 Å². The van der Waals surface area contributed by atoms with Crippen LogP contribution in [0.25, 0.3) is 0 Å². The van der Waals surface area contributed by atoms with Crippen molar-refractivity contribution >= 4 is 38.3 Å². The summed E-state index contributed by atoms with van der Waals surface area (Å²) in [5.41, 5.74) is 1.88. The lowest BCUT2D eigenvalue weighted by Gasteiger charge is -2.13. The Kier molecular flexibility index (Phi) is 4.05. The molecule has 19 heavy (non-hydrogen) atoms. The van der Waals surface area contributed by atoms with Gasteiger partial charge in [0.2, 0.25) is 0 Å². The van der Waals surface area contributed by atoms with Crippen molar-refractivity contribution in [2.24, 2.45) is 0 Å². The Morgan fingerprint density at radius 2 is 2.16 bits per heavy atom. The first-order chi connectivity index (χ1) is 8.90. The van der Waals surface area contributed by atoms with Crippen molar-refractivity contribution in [2.75, 3.05) is 5.32 Å². The monoisotopic (exact) mass is 342 g/mol. The number of hydrogen-bond acceptors (Lipinski definition) is 4. The molecule has 2 rings (SSSR count). The minimum absolute atomic E-state index is 0.118. The fourth-order valence-electron chi connectivity index (χ4n) is 1.64. The first-order valence-electron chi connectivity index (χ1n) is 5.84. The van der Waals surface area contributed by atoms with Gasteiger partial charge in [0.15, 0.2) is 5.13 Å². The summed E-state index contributed by atoms with van der Waals surface area (Å²) in [6.45, 7) is 7.65. The number of anilines is 1. The maximum Gasteiger partial charge on any atom is 0.250 e. The second kappa shape index (κ2) is 5.42. The lowest BCUT2D eigenvalue weighted by molar-refractivity contribution is -0.119. The number of thiazole rings is 1. The maximum atomic E-state index is 12.2. The highest BCUT2D eigenvalue weighted by Gasteiger charge is 2.19. The average Bonchev–Trinajstić information content (AvgIpc) is 2.83. The van der Waals surface area contributed by atoms with Crippen molar-refractivity contribution in [3.05, 3.63) is 26.9 Å². The number of carbonyl (C=O) groups is 1. The van der Waals surface area contributed by atoms with Gasteiger partial charge in [-0.3, -0.25) is 9.48 Å². The van der Waals surface area contributed by atoms with E-state index < -0.39 is 0 Å². The third-order valence-electron chi connectivity index (χ3n) is 2.99. The number of amides is 1. The van der Waals surface area contributed by atoms with Crippen LogP contribution in [-0.2, 0) is 4.79 Å². The van der Waals surface area contributed by atoms with Gasteiger partial charge in [-0.2, -0.15) is 5.10 Å². The molecule has 0 fully saturated rings. The highest BCUT2D eigenvalue weighted by molar-refractivity contribution is 9.10. The summed E-state index contributed by atoms with van der Waals surface area (Å²) in [6.07, 6.45) is 1.69. The van der Waals surface area contributed by atoms with Crippen molar-refractivity contribution in [3.8, 4) is 0 Å². The number of carbonyl (C=O) groups excluding carboxylic acids is 1. The molecule has 2 heterocycles. The third kappa shape index (κ3) is 2.87. The molecule has 0 saturated heterocycles. The Bertz CT molecular complexity index is 600. The van der Waals surface area contributed by atoms with Crippen molar-refractivity contribution in [1.29, 1.82) is 0 Å². The second-order valence-electron chi connectivity index (χ2n) is 4.35. The van der Waals surface area contributed by atoms with Crippen molar-refractivity contribution in [2.45, 2.75) is 33.7 Å². The fourth-order valence-corrected chi connectivity index (χ4v) is 2.73. The topological polar surface area (TPSA) is 59.8 Å². The molecule has 0 radical (unpaired) electrons. The van der Waals surface area contributed by atoms with Gasteiger partial charge in [-0.25, -0.2) is 4.98 Å². The predicted octanol–water partition coefficient (Wildman–Crippen LogP) is 3.23. The van der Waals surface area contributed by atoms with E-state index >= 15 is 0 Å². The highest BCUT2D eigenvalue weighted by Crippen LogP contribution is 2.23. The largest absolute Gasteiger partial charge is 0.300 e. The average molecular weight is 343 g/mol. The van der Waals surface area contributed by atoms with Crippen LogP contribution < -0.4 is 5.32 Å². The summed E-state index contributed by atoms with van der Waals surface area (Å²) in [4.78, 5) is 17.6. The van der Waals surface area contributed by atoms with Crippen LogP contribution in [0.2, 0.25) is 0 Å². The maximum absolute atomic E-state index is 12.2. The summed E-state index contributed by atoms with van der Waals surface area (Å²) < 4.78 is 2.58. The quantitative estimate of drug-likeness (QED) is 0.931. The zero-order valence-electron chi connectivity index (χ0n) is 11.2. The van der Waals surface area contributed by atoms with Gasteiger partial charge in [0, 0.05) is 4.88 Å². The van der Waals surface area contributed by atoms with Crippen LogP contribution in [0.15, 0.2) is 10.7 Å². The van der Waals surface area contributed by atoms with E-state index in [2.05, 4.69) is 31.3 Å². The molecule has 102 valence electrons. The molecule has 0 spiro atoms. The SMILES string of the molecule is Cc1nc(NC(=O)C(C)n2ncc(Br)c2C)sc1C. The number of hydrogen-bond donors (Lipinski definition) is 1. The zero-order chi connectivity index (χ0) is 14.2. The van der Waals surface area contributed by atoms with E-state index in [0.717, 1.165) is 20.7 Å². The molecular formula is C12H15BrN4OS. The van der Waals surface area contributed by atoms with E-state index in [0.29, 0.717) is 5.13 Å². The van der Waals surface area contributed by atoms with E-state index in [1.165, 1.54) is 11.3 Å². The summed E-state index contributed by atoms with van der Waals surface area (Å²) in [5.74, 6) is -0.118. The number of nitrogens with zero attached hydrogens (tertiary/aromatic N) is 3. The molecule has 2 aromatic heterocycles. The smallest absolute Gasteiger partial charge is 0.250 e. The summed E-state index contributed by atoms with van der Waals surface area (Å²) >= 11 is 4.87. The lowest BCUT2D eigenvalue weighted by Crippen LogP contribution is -2.25. The Labute approximate surface area is 124 Å². The zero-order valence-corrected chi connectivity index (χ0v) is 13.6. The molecule has 2 aromatic rings. The van der Waals surface area contributed by atoms with Gasteiger partial charge in [-0.15, -0.1) is 11.3 Å². The van der Waals surface area contributed by atoms with Gasteiger partial charge in [0.25, 0.3) is 5.91 Å².